The molecular weight excluding hydrogens is 167 g/mol. The summed E-state index contributed by atoms with van der Waals surface area (Å²) in [4.78, 5) is 2.23. The van der Waals surface area contributed by atoms with E-state index in [0.717, 1.165) is 13.0 Å². The van der Waals surface area contributed by atoms with Crippen molar-refractivity contribution in [3.05, 3.63) is 0 Å². The van der Waals surface area contributed by atoms with E-state index >= 15 is 0 Å². The van der Waals surface area contributed by atoms with Crippen molar-refractivity contribution in [1.82, 2.24) is 4.90 Å². The Balaban J connectivity index is 2.06. The van der Waals surface area contributed by atoms with Crippen LogP contribution >= 0.6 is 0 Å². The molecule has 1 aliphatic heterocycles. The maximum absolute atomic E-state index is 14.2. The van der Waals surface area contributed by atoms with Gasteiger partial charge in [-0.25, -0.2) is 4.39 Å². The van der Waals surface area contributed by atoms with Crippen molar-refractivity contribution in [3.63, 3.8) is 0 Å². The Morgan fingerprint density at radius 1 is 1.54 bits per heavy atom. The van der Waals surface area contributed by atoms with Gasteiger partial charge in [0.2, 0.25) is 0 Å². The van der Waals surface area contributed by atoms with Crippen LogP contribution in [0.1, 0.15) is 26.7 Å². The van der Waals surface area contributed by atoms with Crippen molar-refractivity contribution in [2.45, 2.75) is 44.4 Å². The average molecular weight is 186 g/mol. The van der Waals surface area contributed by atoms with E-state index in [1.165, 1.54) is 0 Å². The molecule has 0 aromatic heterocycles. The first kappa shape index (κ1) is 9.41. The summed E-state index contributed by atoms with van der Waals surface area (Å²) in [7, 11) is 0. The van der Waals surface area contributed by atoms with Crippen LogP contribution in [0.15, 0.2) is 0 Å². The highest BCUT2D eigenvalue weighted by Crippen LogP contribution is 2.44. The second-order valence-corrected chi connectivity index (χ2v) is 4.95. The summed E-state index contributed by atoms with van der Waals surface area (Å²) < 4.78 is 14.2. The molecule has 1 saturated heterocycles. The third-order valence-corrected chi connectivity index (χ3v) is 3.57. The minimum absolute atomic E-state index is 0.101. The summed E-state index contributed by atoms with van der Waals surface area (Å²) in [5, 5.41) is 0. The SMILES string of the molecule is CC(C)N1CC2CC(N)CC2(F)C1. The minimum atomic E-state index is -0.969. The summed E-state index contributed by atoms with van der Waals surface area (Å²) in [6.07, 6.45) is 1.45. The molecule has 2 nitrogen and oxygen atoms in total. The van der Waals surface area contributed by atoms with E-state index in [9.17, 15) is 4.39 Å². The summed E-state index contributed by atoms with van der Waals surface area (Å²) in [5.74, 6) is 0.199. The molecule has 0 spiro atoms. The van der Waals surface area contributed by atoms with Gasteiger partial charge in [0, 0.05) is 31.1 Å². The van der Waals surface area contributed by atoms with Crippen LogP contribution in [0.4, 0.5) is 4.39 Å². The Bertz CT molecular complexity index is 207. The fraction of sp³-hybridized carbons (Fsp3) is 1.00. The van der Waals surface area contributed by atoms with Gasteiger partial charge in [-0.2, -0.15) is 0 Å². The molecule has 1 saturated carbocycles. The van der Waals surface area contributed by atoms with E-state index in [-0.39, 0.29) is 12.0 Å². The van der Waals surface area contributed by atoms with Gasteiger partial charge in [-0.05, 0) is 26.7 Å². The first-order valence-electron chi connectivity index (χ1n) is 5.20. The standard InChI is InChI=1S/C10H19FN2/c1-7(2)13-5-8-3-9(12)4-10(8,11)6-13/h7-9H,3-6,12H2,1-2H3. The quantitative estimate of drug-likeness (QED) is 0.665. The van der Waals surface area contributed by atoms with Gasteiger partial charge in [0.15, 0.2) is 0 Å². The lowest BCUT2D eigenvalue weighted by atomic mass is 9.97. The van der Waals surface area contributed by atoms with Gasteiger partial charge in [0.05, 0.1) is 0 Å². The molecule has 2 fully saturated rings. The van der Waals surface area contributed by atoms with Gasteiger partial charge in [0.25, 0.3) is 0 Å². The van der Waals surface area contributed by atoms with Crippen molar-refractivity contribution in [3.8, 4) is 0 Å². The fourth-order valence-corrected chi connectivity index (χ4v) is 2.77. The molecule has 76 valence electrons. The van der Waals surface area contributed by atoms with Gasteiger partial charge >= 0.3 is 0 Å². The lowest BCUT2D eigenvalue weighted by Crippen LogP contribution is -2.35. The highest BCUT2D eigenvalue weighted by molar-refractivity contribution is 5.06. The first-order chi connectivity index (χ1) is 6.01. The molecule has 0 radical (unpaired) electrons. The zero-order chi connectivity index (χ0) is 9.64. The molecule has 3 heteroatoms. The minimum Gasteiger partial charge on any atom is -0.328 e. The van der Waals surface area contributed by atoms with E-state index in [1.54, 1.807) is 0 Å². The Labute approximate surface area is 79.3 Å². The van der Waals surface area contributed by atoms with Crippen LogP contribution in [0.2, 0.25) is 0 Å². The maximum atomic E-state index is 14.2. The fourth-order valence-electron chi connectivity index (χ4n) is 2.77. The Morgan fingerprint density at radius 2 is 2.23 bits per heavy atom. The number of hydrogen-bond donors (Lipinski definition) is 1. The summed E-state index contributed by atoms with van der Waals surface area (Å²) in [6.45, 7) is 5.76. The van der Waals surface area contributed by atoms with Crippen molar-refractivity contribution in [2.24, 2.45) is 11.7 Å². The van der Waals surface area contributed by atoms with E-state index in [0.29, 0.717) is 19.0 Å². The van der Waals surface area contributed by atoms with Crippen LogP contribution in [0.5, 0.6) is 0 Å². The van der Waals surface area contributed by atoms with Gasteiger partial charge in [0.1, 0.15) is 5.67 Å². The number of alkyl halides is 1. The van der Waals surface area contributed by atoms with Crippen LogP contribution in [0.3, 0.4) is 0 Å². The normalized spacial score (nSPS) is 45.9. The van der Waals surface area contributed by atoms with Crippen LogP contribution in [-0.2, 0) is 0 Å². The van der Waals surface area contributed by atoms with Crippen molar-refractivity contribution in [1.29, 1.82) is 0 Å². The predicted molar refractivity (Wildman–Crippen MR) is 51.2 cm³/mol. The molecule has 1 aliphatic carbocycles. The number of hydrogen-bond acceptors (Lipinski definition) is 2. The molecule has 2 N–H and O–H groups in total. The van der Waals surface area contributed by atoms with Crippen molar-refractivity contribution in [2.75, 3.05) is 13.1 Å². The number of fused-ring (bicyclic) bond motifs is 1. The lowest BCUT2D eigenvalue weighted by molar-refractivity contribution is 0.137. The van der Waals surface area contributed by atoms with Crippen LogP contribution < -0.4 is 5.73 Å². The monoisotopic (exact) mass is 186 g/mol. The Kier molecular flexibility index (Phi) is 2.11. The van der Waals surface area contributed by atoms with E-state index in [2.05, 4.69) is 18.7 Å². The molecule has 3 unspecified atom stereocenters. The van der Waals surface area contributed by atoms with Crippen LogP contribution in [0, 0.1) is 5.92 Å². The Morgan fingerprint density at radius 3 is 2.77 bits per heavy atom. The second-order valence-electron chi connectivity index (χ2n) is 4.95. The van der Waals surface area contributed by atoms with E-state index in [4.69, 9.17) is 5.73 Å². The van der Waals surface area contributed by atoms with Crippen molar-refractivity contribution < 1.29 is 4.39 Å². The topological polar surface area (TPSA) is 29.3 Å². The molecular formula is C10H19FN2. The number of halogens is 1. The average Bonchev–Trinajstić information content (AvgIpc) is 2.38. The zero-order valence-electron chi connectivity index (χ0n) is 8.46. The van der Waals surface area contributed by atoms with Crippen molar-refractivity contribution >= 4 is 0 Å². The number of rotatable bonds is 1. The summed E-state index contributed by atoms with van der Waals surface area (Å²) >= 11 is 0. The lowest BCUT2D eigenvalue weighted by Gasteiger charge is -2.23. The first-order valence-corrected chi connectivity index (χ1v) is 5.20. The third kappa shape index (κ3) is 1.48. The highest BCUT2D eigenvalue weighted by Gasteiger charge is 2.53. The molecule has 0 aromatic carbocycles. The molecule has 3 atom stereocenters. The Hall–Kier alpha value is -0.150. The van der Waals surface area contributed by atoms with Crippen LogP contribution in [0.25, 0.3) is 0 Å². The number of nitrogens with zero attached hydrogens (tertiary/aromatic N) is 1. The van der Waals surface area contributed by atoms with E-state index < -0.39 is 5.67 Å². The summed E-state index contributed by atoms with van der Waals surface area (Å²) in [6, 6.07) is 0.568. The smallest absolute Gasteiger partial charge is 0.129 e. The molecule has 13 heavy (non-hydrogen) atoms. The molecule has 0 aromatic rings. The molecule has 2 aliphatic rings. The van der Waals surface area contributed by atoms with E-state index in [1.807, 2.05) is 0 Å². The third-order valence-electron chi connectivity index (χ3n) is 3.57. The molecule has 0 amide bonds. The van der Waals surface area contributed by atoms with Gasteiger partial charge in [-0.3, -0.25) is 4.90 Å². The second kappa shape index (κ2) is 2.92. The predicted octanol–water partition coefficient (Wildman–Crippen LogP) is 1.16. The maximum Gasteiger partial charge on any atom is 0.129 e. The van der Waals surface area contributed by atoms with Gasteiger partial charge in [-0.1, -0.05) is 0 Å². The largest absolute Gasteiger partial charge is 0.328 e. The zero-order valence-corrected chi connectivity index (χ0v) is 8.46. The number of likely N-dealkylation sites (tertiary alicyclic amines) is 1. The molecule has 1 heterocycles. The van der Waals surface area contributed by atoms with Gasteiger partial charge < -0.3 is 5.73 Å². The highest BCUT2D eigenvalue weighted by atomic mass is 19.1. The van der Waals surface area contributed by atoms with Gasteiger partial charge in [-0.15, -0.1) is 0 Å². The molecule has 2 rings (SSSR count). The van der Waals surface area contributed by atoms with Crippen LogP contribution in [-0.4, -0.2) is 35.7 Å². The molecule has 0 bridgehead atoms. The summed E-state index contributed by atoms with van der Waals surface area (Å²) in [5.41, 5.74) is 4.80. The number of nitrogens with two attached hydrogens (primary N) is 1.